The molecule has 2 unspecified atom stereocenters. The standard InChI is InChI=1S/C15H29NO2/c1-13(2,3)7-6-12-15(18-11-9-16-12)8-10-17-14(15,4)5/h12,16H,6-11H2,1-5H3. The van der Waals surface area contributed by atoms with Crippen LogP contribution < -0.4 is 5.32 Å². The third-order valence-electron chi connectivity index (χ3n) is 4.55. The van der Waals surface area contributed by atoms with E-state index in [0.717, 1.165) is 32.6 Å². The molecule has 1 spiro atoms. The molecule has 2 heterocycles. The number of rotatable bonds is 2. The molecular formula is C15H29NO2. The smallest absolute Gasteiger partial charge is 0.114 e. The van der Waals surface area contributed by atoms with Gasteiger partial charge in [0.05, 0.1) is 18.8 Å². The lowest BCUT2D eigenvalue weighted by molar-refractivity contribution is -0.172. The van der Waals surface area contributed by atoms with Crippen molar-refractivity contribution in [3.8, 4) is 0 Å². The molecule has 1 N–H and O–H groups in total. The Morgan fingerprint density at radius 1 is 1.17 bits per heavy atom. The first-order valence-corrected chi connectivity index (χ1v) is 7.28. The maximum absolute atomic E-state index is 6.23. The van der Waals surface area contributed by atoms with Crippen LogP contribution in [0, 0.1) is 5.41 Å². The van der Waals surface area contributed by atoms with Crippen LogP contribution in [0.25, 0.3) is 0 Å². The van der Waals surface area contributed by atoms with E-state index in [1.54, 1.807) is 0 Å². The molecule has 18 heavy (non-hydrogen) atoms. The Hall–Kier alpha value is -0.120. The van der Waals surface area contributed by atoms with Gasteiger partial charge in [0.2, 0.25) is 0 Å². The SMILES string of the molecule is CC(C)(C)CCC1NCCOC12CCOC2(C)C. The highest BCUT2D eigenvalue weighted by atomic mass is 16.6. The van der Waals surface area contributed by atoms with Crippen molar-refractivity contribution in [1.29, 1.82) is 0 Å². The van der Waals surface area contributed by atoms with Crippen LogP contribution in [-0.4, -0.2) is 37.0 Å². The monoisotopic (exact) mass is 255 g/mol. The lowest BCUT2D eigenvalue weighted by Gasteiger charge is -2.49. The highest BCUT2D eigenvalue weighted by molar-refractivity contribution is 5.09. The second-order valence-corrected chi connectivity index (χ2v) is 7.45. The van der Waals surface area contributed by atoms with E-state index in [4.69, 9.17) is 9.47 Å². The van der Waals surface area contributed by atoms with Gasteiger partial charge in [-0.25, -0.2) is 0 Å². The zero-order valence-electron chi connectivity index (χ0n) is 12.6. The molecule has 2 aliphatic heterocycles. The minimum absolute atomic E-state index is 0.128. The molecule has 0 aromatic heterocycles. The minimum Gasteiger partial charge on any atom is -0.372 e. The lowest BCUT2D eigenvalue weighted by Crippen LogP contribution is -2.65. The van der Waals surface area contributed by atoms with Gasteiger partial charge in [0.25, 0.3) is 0 Å². The molecule has 0 aliphatic carbocycles. The molecule has 2 aliphatic rings. The lowest BCUT2D eigenvalue weighted by atomic mass is 9.74. The summed E-state index contributed by atoms with van der Waals surface area (Å²) in [6.07, 6.45) is 3.39. The average molecular weight is 255 g/mol. The van der Waals surface area contributed by atoms with Crippen LogP contribution in [0.3, 0.4) is 0 Å². The molecule has 0 aromatic carbocycles. The van der Waals surface area contributed by atoms with Crippen molar-refractivity contribution in [3.05, 3.63) is 0 Å². The van der Waals surface area contributed by atoms with E-state index in [1.807, 2.05) is 0 Å². The molecule has 2 fully saturated rings. The van der Waals surface area contributed by atoms with Gasteiger partial charge in [-0.1, -0.05) is 20.8 Å². The summed E-state index contributed by atoms with van der Waals surface area (Å²) < 4.78 is 12.2. The number of nitrogens with one attached hydrogen (secondary N) is 1. The fourth-order valence-corrected chi connectivity index (χ4v) is 3.37. The molecule has 2 saturated heterocycles. The predicted molar refractivity (Wildman–Crippen MR) is 73.8 cm³/mol. The minimum atomic E-state index is -0.178. The second-order valence-electron chi connectivity index (χ2n) is 7.45. The van der Waals surface area contributed by atoms with Crippen molar-refractivity contribution in [1.82, 2.24) is 5.32 Å². The maximum atomic E-state index is 6.23. The van der Waals surface area contributed by atoms with Gasteiger partial charge in [-0.15, -0.1) is 0 Å². The van der Waals surface area contributed by atoms with Gasteiger partial charge in [-0.2, -0.15) is 0 Å². The Kier molecular flexibility index (Phi) is 3.79. The van der Waals surface area contributed by atoms with E-state index in [1.165, 1.54) is 6.42 Å². The largest absolute Gasteiger partial charge is 0.372 e. The summed E-state index contributed by atoms with van der Waals surface area (Å²) in [5.74, 6) is 0. The van der Waals surface area contributed by atoms with Gasteiger partial charge in [0.15, 0.2) is 0 Å². The van der Waals surface area contributed by atoms with E-state index in [2.05, 4.69) is 39.9 Å². The van der Waals surface area contributed by atoms with Gasteiger partial charge in [0, 0.05) is 19.0 Å². The van der Waals surface area contributed by atoms with Crippen molar-refractivity contribution in [3.63, 3.8) is 0 Å². The Morgan fingerprint density at radius 2 is 1.89 bits per heavy atom. The summed E-state index contributed by atoms with van der Waals surface area (Å²) >= 11 is 0. The molecular weight excluding hydrogens is 226 g/mol. The molecule has 106 valence electrons. The van der Waals surface area contributed by atoms with Gasteiger partial charge < -0.3 is 14.8 Å². The van der Waals surface area contributed by atoms with Crippen LogP contribution in [0.2, 0.25) is 0 Å². The quantitative estimate of drug-likeness (QED) is 0.823. The van der Waals surface area contributed by atoms with E-state index >= 15 is 0 Å². The third-order valence-corrected chi connectivity index (χ3v) is 4.55. The van der Waals surface area contributed by atoms with Crippen molar-refractivity contribution in [2.45, 2.75) is 71.1 Å². The van der Waals surface area contributed by atoms with E-state index in [-0.39, 0.29) is 11.2 Å². The van der Waals surface area contributed by atoms with Crippen molar-refractivity contribution < 1.29 is 9.47 Å². The van der Waals surface area contributed by atoms with Gasteiger partial charge in [-0.05, 0) is 32.1 Å². The number of morpholine rings is 1. The zero-order valence-corrected chi connectivity index (χ0v) is 12.6. The summed E-state index contributed by atoms with van der Waals surface area (Å²) in [5, 5.41) is 3.68. The zero-order chi connectivity index (χ0) is 13.4. The topological polar surface area (TPSA) is 30.5 Å². The second kappa shape index (κ2) is 4.77. The first-order valence-electron chi connectivity index (χ1n) is 7.28. The fourth-order valence-electron chi connectivity index (χ4n) is 3.37. The molecule has 3 heteroatoms. The third kappa shape index (κ3) is 2.59. The Bertz CT molecular complexity index is 295. The van der Waals surface area contributed by atoms with Crippen molar-refractivity contribution >= 4 is 0 Å². The molecule has 0 bridgehead atoms. The predicted octanol–water partition coefficient (Wildman–Crippen LogP) is 2.74. The Labute approximate surface area is 112 Å². The highest BCUT2D eigenvalue weighted by Gasteiger charge is 2.57. The van der Waals surface area contributed by atoms with Crippen LogP contribution in [0.15, 0.2) is 0 Å². The summed E-state index contributed by atoms with van der Waals surface area (Å²) in [5.41, 5.74) is 0.0728. The number of ether oxygens (including phenoxy) is 2. The van der Waals surface area contributed by atoms with Crippen LogP contribution in [0.1, 0.15) is 53.9 Å². The molecule has 2 atom stereocenters. The van der Waals surface area contributed by atoms with Gasteiger partial charge in [0.1, 0.15) is 5.60 Å². The normalized spacial score (nSPS) is 36.2. The number of hydrogen-bond donors (Lipinski definition) is 1. The first kappa shape index (κ1) is 14.3. The average Bonchev–Trinajstić information content (AvgIpc) is 2.53. The van der Waals surface area contributed by atoms with Crippen molar-refractivity contribution in [2.24, 2.45) is 5.41 Å². The molecule has 0 radical (unpaired) electrons. The number of hydrogen-bond acceptors (Lipinski definition) is 3. The van der Waals surface area contributed by atoms with Crippen LogP contribution in [0.5, 0.6) is 0 Å². The van der Waals surface area contributed by atoms with E-state index in [9.17, 15) is 0 Å². The molecule has 3 nitrogen and oxygen atoms in total. The summed E-state index contributed by atoms with van der Waals surface area (Å²) in [7, 11) is 0. The van der Waals surface area contributed by atoms with Crippen molar-refractivity contribution in [2.75, 3.05) is 19.8 Å². The highest BCUT2D eigenvalue weighted by Crippen LogP contribution is 2.44. The Morgan fingerprint density at radius 3 is 2.44 bits per heavy atom. The van der Waals surface area contributed by atoms with Crippen LogP contribution >= 0.6 is 0 Å². The summed E-state index contributed by atoms with van der Waals surface area (Å²) in [4.78, 5) is 0. The fraction of sp³-hybridized carbons (Fsp3) is 1.00. The molecule has 2 rings (SSSR count). The van der Waals surface area contributed by atoms with E-state index in [0.29, 0.717) is 11.5 Å². The van der Waals surface area contributed by atoms with Gasteiger partial charge in [-0.3, -0.25) is 0 Å². The maximum Gasteiger partial charge on any atom is 0.114 e. The summed E-state index contributed by atoms with van der Waals surface area (Å²) in [6, 6.07) is 0.419. The molecule has 0 aromatic rings. The Balaban J connectivity index is 2.11. The van der Waals surface area contributed by atoms with Crippen LogP contribution in [-0.2, 0) is 9.47 Å². The molecule has 0 amide bonds. The summed E-state index contributed by atoms with van der Waals surface area (Å²) in [6.45, 7) is 13.9. The molecule has 0 saturated carbocycles. The first-order chi connectivity index (χ1) is 8.27. The van der Waals surface area contributed by atoms with Crippen LogP contribution in [0.4, 0.5) is 0 Å². The van der Waals surface area contributed by atoms with E-state index < -0.39 is 0 Å². The van der Waals surface area contributed by atoms with Gasteiger partial charge >= 0.3 is 0 Å².